The van der Waals surface area contributed by atoms with Gasteiger partial charge in [-0.05, 0) is 29.8 Å². The lowest BCUT2D eigenvalue weighted by Crippen LogP contribution is -2.11. The van der Waals surface area contributed by atoms with E-state index < -0.39 is 0 Å². The summed E-state index contributed by atoms with van der Waals surface area (Å²) in [4.78, 5) is 4.41. The highest BCUT2D eigenvalue weighted by atomic mass is 32.1. The Labute approximate surface area is 117 Å². The van der Waals surface area contributed by atoms with Gasteiger partial charge in [0, 0.05) is 13.3 Å². The average molecular weight is 274 g/mol. The van der Waals surface area contributed by atoms with Crippen LogP contribution in [0.5, 0.6) is 11.6 Å². The number of rotatable bonds is 5. The van der Waals surface area contributed by atoms with E-state index in [9.17, 15) is 0 Å². The molecule has 1 heterocycles. The Hall–Kier alpha value is -1.98. The molecule has 0 aliphatic rings. The molecule has 19 heavy (non-hydrogen) atoms. The third-order valence-corrected chi connectivity index (χ3v) is 2.68. The fraction of sp³-hybridized carbons (Fsp3) is 0.143. The predicted octanol–water partition coefficient (Wildman–Crippen LogP) is 2.65. The molecule has 2 rings (SSSR count). The van der Waals surface area contributed by atoms with Crippen LogP contribution in [0.15, 0.2) is 42.6 Å². The number of benzene rings is 1. The quantitative estimate of drug-likeness (QED) is 0.849. The normalized spacial score (nSPS) is 10.2. The van der Waals surface area contributed by atoms with E-state index in [2.05, 4.69) is 4.98 Å². The first kappa shape index (κ1) is 13.5. The van der Waals surface area contributed by atoms with Gasteiger partial charge in [0.25, 0.3) is 0 Å². The highest BCUT2D eigenvalue weighted by molar-refractivity contribution is 7.80. The third kappa shape index (κ3) is 3.49. The molecule has 0 radical (unpaired) electrons. The topological polar surface area (TPSA) is 57.4 Å². The molecule has 0 bridgehead atoms. The Morgan fingerprint density at radius 2 is 2.16 bits per heavy atom. The van der Waals surface area contributed by atoms with Gasteiger partial charge < -0.3 is 15.2 Å². The van der Waals surface area contributed by atoms with Crippen molar-refractivity contribution in [2.75, 3.05) is 7.11 Å². The molecule has 1 aromatic heterocycles. The molecule has 0 aliphatic heterocycles. The molecule has 2 aromatic rings. The second-order valence-corrected chi connectivity index (χ2v) is 4.34. The van der Waals surface area contributed by atoms with Gasteiger partial charge in [0.15, 0.2) is 0 Å². The summed E-state index contributed by atoms with van der Waals surface area (Å²) in [6.07, 6.45) is 1.64. The fourth-order valence-electron chi connectivity index (χ4n) is 1.64. The molecular formula is C14H14N2O2S. The summed E-state index contributed by atoms with van der Waals surface area (Å²) in [6.45, 7) is 0.529. The van der Waals surface area contributed by atoms with Crippen molar-refractivity contribution in [2.24, 2.45) is 5.73 Å². The number of aromatic nitrogens is 1. The molecule has 0 unspecified atom stereocenters. The van der Waals surface area contributed by atoms with Crippen molar-refractivity contribution in [3.63, 3.8) is 0 Å². The van der Waals surface area contributed by atoms with Crippen LogP contribution in [0.2, 0.25) is 0 Å². The molecule has 0 aliphatic carbocycles. The highest BCUT2D eigenvalue weighted by Gasteiger charge is 2.08. The molecule has 0 saturated heterocycles. The molecule has 4 nitrogen and oxygen atoms in total. The van der Waals surface area contributed by atoms with Crippen molar-refractivity contribution in [1.29, 1.82) is 0 Å². The van der Waals surface area contributed by atoms with Crippen molar-refractivity contribution >= 4 is 17.2 Å². The van der Waals surface area contributed by atoms with Crippen LogP contribution in [0, 0.1) is 0 Å². The summed E-state index contributed by atoms with van der Waals surface area (Å²) in [6, 6.07) is 11.1. The summed E-state index contributed by atoms with van der Waals surface area (Å²) in [5.41, 5.74) is 7.28. The first-order valence-corrected chi connectivity index (χ1v) is 6.12. The lowest BCUT2D eigenvalue weighted by molar-refractivity contribution is 0.184. The third-order valence-electron chi connectivity index (χ3n) is 2.46. The van der Waals surface area contributed by atoms with Crippen LogP contribution in [0.25, 0.3) is 0 Å². The number of thiocarbonyl (C=S) groups is 1. The Morgan fingerprint density at radius 3 is 2.89 bits per heavy atom. The van der Waals surface area contributed by atoms with Crippen LogP contribution >= 0.6 is 12.2 Å². The Balaban J connectivity index is 2.26. The summed E-state index contributed by atoms with van der Waals surface area (Å²) in [5, 5.41) is 0. The summed E-state index contributed by atoms with van der Waals surface area (Å²) >= 11 is 4.97. The number of nitrogens with two attached hydrogens (primary N) is 1. The smallest absolute Gasteiger partial charge is 0.229 e. The molecule has 0 saturated carbocycles. The minimum Gasteiger partial charge on any atom is -0.438 e. The van der Waals surface area contributed by atoms with Gasteiger partial charge in [-0.2, -0.15) is 0 Å². The van der Waals surface area contributed by atoms with Crippen molar-refractivity contribution in [3.05, 3.63) is 53.7 Å². The minimum atomic E-state index is 0.260. The fourth-order valence-corrected chi connectivity index (χ4v) is 1.79. The summed E-state index contributed by atoms with van der Waals surface area (Å²) < 4.78 is 10.8. The lowest BCUT2D eigenvalue weighted by atomic mass is 10.2. The lowest BCUT2D eigenvalue weighted by Gasteiger charge is -2.09. The Morgan fingerprint density at radius 1 is 1.32 bits per heavy atom. The van der Waals surface area contributed by atoms with Crippen molar-refractivity contribution < 1.29 is 9.47 Å². The van der Waals surface area contributed by atoms with Crippen molar-refractivity contribution in [2.45, 2.75) is 6.61 Å². The largest absolute Gasteiger partial charge is 0.438 e. The zero-order valence-electron chi connectivity index (χ0n) is 10.5. The first-order chi connectivity index (χ1) is 9.20. The Bertz CT molecular complexity index is 587. The SMILES string of the molecule is COCc1cccc(Oc2ncccc2C(N)=S)c1. The molecule has 0 spiro atoms. The van der Waals surface area contributed by atoms with E-state index in [1.807, 2.05) is 24.3 Å². The highest BCUT2D eigenvalue weighted by Crippen LogP contribution is 2.23. The second-order valence-electron chi connectivity index (χ2n) is 3.90. The molecule has 2 N–H and O–H groups in total. The molecule has 98 valence electrons. The number of methoxy groups -OCH3 is 1. The van der Waals surface area contributed by atoms with E-state index in [0.29, 0.717) is 23.8 Å². The molecule has 1 aromatic carbocycles. The van der Waals surface area contributed by atoms with E-state index in [1.165, 1.54) is 0 Å². The maximum absolute atomic E-state index is 5.72. The monoisotopic (exact) mass is 274 g/mol. The van der Waals surface area contributed by atoms with E-state index in [1.54, 1.807) is 25.4 Å². The molecular weight excluding hydrogens is 260 g/mol. The molecule has 0 fully saturated rings. The van der Waals surface area contributed by atoms with Crippen molar-refractivity contribution in [3.8, 4) is 11.6 Å². The number of ether oxygens (including phenoxy) is 2. The van der Waals surface area contributed by atoms with Gasteiger partial charge >= 0.3 is 0 Å². The van der Waals surface area contributed by atoms with Crippen LogP contribution in [0.3, 0.4) is 0 Å². The maximum atomic E-state index is 5.72. The molecule has 0 atom stereocenters. The van der Waals surface area contributed by atoms with Crippen molar-refractivity contribution in [1.82, 2.24) is 4.98 Å². The van der Waals surface area contributed by atoms with E-state index in [-0.39, 0.29) is 4.99 Å². The number of pyridine rings is 1. The van der Waals surface area contributed by atoms with Gasteiger partial charge in [0.05, 0.1) is 12.2 Å². The minimum absolute atomic E-state index is 0.260. The van der Waals surface area contributed by atoms with Gasteiger partial charge in [-0.15, -0.1) is 0 Å². The van der Waals surface area contributed by atoms with Gasteiger partial charge in [0.2, 0.25) is 5.88 Å². The van der Waals surface area contributed by atoms with Crippen LogP contribution in [0.4, 0.5) is 0 Å². The van der Waals surface area contributed by atoms with Crippen LogP contribution in [-0.4, -0.2) is 17.1 Å². The average Bonchev–Trinajstić information content (AvgIpc) is 2.40. The maximum Gasteiger partial charge on any atom is 0.229 e. The zero-order valence-corrected chi connectivity index (χ0v) is 11.3. The van der Waals surface area contributed by atoms with Gasteiger partial charge in [0.1, 0.15) is 10.7 Å². The first-order valence-electron chi connectivity index (χ1n) is 5.71. The van der Waals surface area contributed by atoms with Gasteiger partial charge in [-0.1, -0.05) is 24.4 Å². The molecule has 5 heteroatoms. The zero-order chi connectivity index (χ0) is 13.7. The molecule has 0 amide bonds. The van der Waals surface area contributed by atoms with Crippen LogP contribution < -0.4 is 10.5 Å². The van der Waals surface area contributed by atoms with E-state index in [4.69, 9.17) is 27.4 Å². The Kier molecular flexibility index (Phi) is 4.43. The van der Waals surface area contributed by atoms with Gasteiger partial charge in [-0.3, -0.25) is 0 Å². The van der Waals surface area contributed by atoms with E-state index in [0.717, 1.165) is 5.56 Å². The summed E-state index contributed by atoms with van der Waals surface area (Å²) in [7, 11) is 1.65. The summed E-state index contributed by atoms with van der Waals surface area (Å²) in [5.74, 6) is 1.08. The van der Waals surface area contributed by atoms with Crippen LogP contribution in [0.1, 0.15) is 11.1 Å². The second kappa shape index (κ2) is 6.26. The van der Waals surface area contributed by atoms with Crippen LogP contribution in [-0.2, 0) is 11.3 Å². The number of hydrogen-bond acceptors (Lipinski definition) is 4. The number of nitrogens with zero attached hydrogens (tertiary/aromatic N) is 1. The predicted molar refractivity (Wildman–Crippen MR) is 77.4 cm³/mol. The standard InChI is InChI=1S/C14H14N2O2S/c1-17-9-10-4-2-5-11(8-10)18-14-12(13(15)19)6-3-7-16-14/h2-8H,9H2,1H3,(H2,15,19). The van der Waals surface area contributed by atoms with E-state index >= 15 is 0 Å². The van der Waals surface area contributed by atoms with Gasteiger partial charge in [-0.25, -0.2) is 4.98 Å². The number of hydrogen-bond donors (Lipinski definition) is 1.